The van der Waals surface area contributed by atoms with E-state index in [2.05, 4.69) is 302 Å². The Labute approximate surface area is 620 Å². The number of benzene rings is 6. The molecule has 2 unspecified atom stereocenters. The van der Waals surface area contributed by atoms with Gasteiger partial charge in [0.1, 0.15) is 0 Å². The molecule has 6 rings (SSSR count). The van der Waals surface area contributed by atoms with Crippen LogP contribution in [-0.4, -0.2) is 51.5 Å². The molecule has 6 aromatic rings. The zero-order valence-electron chi connectivity index (χ0n) is 81.3. The lowest BCUT2D eigenvalue weighted by Crippen LogP contribution is -2.25. The quantitative estimate of drug-likeness (QED) is 0.113. The van der Waals surface area contributed by atoms with E-state index in [4.69, 9.17) is 16.4 Å². The average Bonchev–Trinajstić information content (AvgIpc) is 0.789. The molecule has 0 radical (unpaired) electrons. The first-order valence-electron chi connectivity index (χ1n) is 42.2. The molecule has 0 aliphatic heterocycles. The summed E-state index contributed by atoms with van der Waals surface area (Å²) in [7, 11) is 8.30. The molecule has 2 nitrogen and oxygen atoms in total. The van der Waals surface area contributed by atoms with E-state index in [9.17, 15) is 0 Å². The fourth-order valence-corrected chi connectivity index (χ4v) is 6.31. The maximum atomic E-state index is 7.32. The molecule has 0 N–H and O–H groups in total. The highest BCUT2D eigenvalue weighted by Gasteiger charge is 2.30. The number of rotatable bonds is 12. The summed E-state index contributed by atoms with van der Waals surface area (Å²) in [5, 5.41) is 0. The van der Waals surface area contributed by atoms with Crippen molar-refractivity contribution in [2.75, 3.05) is 28.2 Å². The summed E-state index contributed by atoms with van der Waals surface area (Å²) >= 11 is 0. The Bertz CT molecular complexity index is 2830. The van der Waals surface area contributed by atoms with Gasteiger partial charge in [-0.1, -0.05) is 431 Å². The minimum atomic E-state index is -1.87. The van der Waals surface area contributed by atoms with Gasteiger partial charge in [0.25, 0.3) is 0 Å². The van der Waals surface area contributed by atoms with E-state index < -0.39 is 49.1 Å². The topological polar surface area (TPSA) is 6.48 Å². The smallest absolute Gasteiger partial charge is 0.216 e. The SMILES string of the molecule is CB(C)N(C)C.CB(C)N(C)C.CC(c1ccccc1)[C@@H](C)c1ccccc1.CCC(C)(c1ccccc1)c1ccccc1.CCC(C)c1ccccc1.CC[C@@H](C)c1ccccc1.[2H]C([2H])([2H])C(C)(C)C(C)(C)C.[2H]C([2H])([2H])C(C)(C)C(C)(C)C.[2H]C([2H])([2H])C(C)(C)C(C)(C)C.[2H]C([2H])([2H])C(C)(C)C(C)(C)C. The molecule has 544 valence electrons. The van der Waals surface area contributed by atoms with Crippen LogP contribution < -0.4 is 0 Å². The van der Waals surface area contributed by atoms with Crippen LogP contribution in [0.3, 0.4) is 0 Å². The molecular formula is C92H160B2N2. The van der Waals surface area contributed by atoms with Gasteiger partial charge in [-0.2, -0.15) is 0 Å². The highest BCUT2D eigenvalue weighted by atomic mass is 15.0. The molecular weight excluding hydrogens is 1150 g/mol. The van der Waals surface area contributed by atoms with E-state index in [0.717, 1.165) is 6.42 Å². The Hall–Kier alpha value is -4.63. The van der Waals surface area contributed by atoms with Crippen molar-refractivity contribution < 1.29 is 16.4 Å². The second kappa shape index (κ2) is 46.7. The van der Waals surface area contributed by atoms with Crippen molar-refractivity contribution in [1.82, 2.24) is 9.62 Å². The van der Waals surface area contributed by atoms with Gasteiger partial charge < -0.3 is 9.62 Å². The fraction of sp³-hybridized carbons (Fsp3) is 0.609. The zero-order chi connectivity index (χ0) is 85.9. The number of hydrogen-bond donors (Lipinski definition) is 0. The summed E-state index contributed by atoms with van der Waals surface area (Å²) in [4.78, 5) is 4.33. The van der Waals surface area contributed by atoms with Crippen molar-refractivity contribution in [2.45, 2.75) is 297 Å². The Morgan fingerprint density at radius 3 is 0.583 bits per heavy atom. The van der Waals surface area contributed by atoms with E-state index in [0.29, 0.717) is 37.4 Å². The van der Waals surface area contributed by atoms with Gasteiger partial charge in [-0.15, -0.1) is 0 Å². The minimum absolute atomic E-state index is 0.127. The Morgan fingerprint density at radius 1 is 0.292 bits per heavy atom. The van der Waals surface area contributed by atoms with Gasteiger partial charge in [0.05, 0.1) is 0 Å². The van der Waals surface area contributed by atoms with Crippen molar-refractivity contribution in [3.63, 3.8) is 0 Å². The fourth-order valence-electron chi connectivity index (χ4n) is 6.31. The van der Waals surface area contributed by atoms with Crippen LogP contribution in [0.2, 0.25) is 27.3 Å². The number of nitrogens with zero attached hydrogens (tertiary/aromatic N) is 2. The van der Waals surface area contributed by atoms with E-state index in [1.807, 2.05) is 83.1 Å². The summed E-state index contributed by atoms with van der Waals surface area (Å²) in [6.45, 7) is 58.5. The summed E-state index contributed by atoms with van der Waals surface area (Å²) in [6.07, 6.45) is 3.56. The van der Waals surface area contributed by atoms with Crippen LogP contribution in [-0.2, 0) is 5.41 Å². The highest BCUT2D eigenvalue weighted by molar-refractivity contribution is 6.52. The normalized spacial score (nSPS) is 15.3. The Kier molecular flexibility index (Phi) is 36.7. The molecule has 0 saturated heterocycles. The molecule has 6 aromatic carbocycles. The van der Waals surface area contributed by atoms with E-state index in [-0.39, 0.29) is 27.1 Å². The average molecular weight is 1330 g/mol. The maximum absolute atomic E-state index is 7.32. The predicted octanol–water partition coefficient (Wildman–Crippen LogP) is 29.3. The van der Waals surface area contributed by atoms with Gasteiger partial charge in [-0.3, -0.25) is 0 Å². The second-order valence-corrected chi connectivity index (χ2v) is 33.9. The van der Waals surface area contributed by atoms with Crippen molar-refractivity contribution >= 4 is 13.7 Å². The monoisotopic (exact) mass is 1330 g/mol. The second-order valence-electron chi connectivity index (χ2n) is 33.9. The first kappa shape index (κ1) is 75.6. The van der Waals surface area contributed by atoms with Gasteiger partial charge in [0, 0.05) is 21.9 Å². The third-order valence-corrected chi connectivity index (χ3v) is 20.5. The molecule has 0 aromatic heterocycles. The Morgan fingerprint density at radius 2 is 0.458 bits per heavy atom. The lowest BCUT2D eigenvalue weighted by Gasteiger charge is -2.34. The summed E-state index contributed by atoms with van der Waals surface area (Å²) in [6, 6.07) is 64.2. The molecule has 96 heavy (non-hydrogen) atoms. The molecule has 4 atom stereocenters. The molecule has 0 aliphatic rings. The number of hydrogen-bond acceptors (Lipinski definition) is 2. The van der Waals surface area contributed by atoms with Crippen LogP contribution in [0, 0.1) is 43.3 Å². The molecule has 0 amide bonds. The van der Waals surface area contributed by atoms with Gasteiger partial charge in [0.2, 0.25) is 13.7 Å². The van der Waals surface area contributed by atoms with E-state index in [1.165, 1.54) is 46.2 Å². The summed E-state index contributed by atoms with van der Waals surface area (Å²) in [5.41, 5.74) is 5.41. The van der Waals surface area contributed by atoms with Crippen molar-refractivity contribution in [3.8, 4) is 0 Å². The van der Waals surface area contributed by atoms with Gasteiger partial charge in [-0.25, -0.2) is 0 Å². The minimum Gasteiger partial charge on any atom is -0.348 e. The van der Waals surface area contributed by atoms with Crippen molar-refractivity contribution in [1.29, 1.82) is 0 Å². The van der Waals surface area contributed by atoms with Gasteiger partial charge in [-0.05, 0) is 148 Å². The maximum Gasteiger partial charge on any atom is 0.216 e. The lowest BCUT2D eigenvalue weighted by molar-refractivity contribution is 0.157. The van der Waals surface area contributed by atoms with Crippen LogP contribution >= 0.6 is 0 Å². The highest BCUT2D eigenvalue weighted by Crippen LogP contribution is 2.40. The van der Waals surface area contributed by atoms with Gasteiger partial charge in [0.15, 0.2) is 0 Å². The van der Waals surface area contributed by atoms with E-state index in [1.54, 1.807) is 55.4 Å². The molecule has 0 saturated carbocycles. The molecule has 0 fully saturated rings. The van der Waals surface area contributed by atoms with Crippen LogP contribution in [0.1, 0.15) is 314 Å². The third kappa shape index (κ3) is 43.7. The van der Waals surface area contributed by atoms with Crippen LogP contribution in [0.15, 0.2) is 182 Å². The first-order chi connectivity index (χ1) is 48.5. The van der Waals surface area contributed by atoms with Crippen molar-refractivity contribution in [2.24, 2.45) is 43.3 Å². The lowest BCUT2D eigenvalue weighted by atomic mass is 9.67. The molecule has 0 heterocycles. The van der Waals surface area contributed by atoms with E-state index >= 15 is 0 Å². The van der Waals surface area contributed by atoms with Crippen molar-refractivity contribution in [3.05, 3.63) is 215 Å². The molecule has 4 heteroatoms. The zero-order valence-corrected chi connectivity index (χ0v) is 69.3. The molecule has 0 spiro atoms. The largest absolute Gasteiger partial charge is 0.348 e. The van der Waals surface area contributed by atoms with Crippen LogP contribution in [0.4, 0.5) is 0 Å². The van der Waals surface area contributed by atoms with Crippen LogP contribution in [0.25, 0.3) is 0 Å². The Balaban J connectivity index is -0.000000564. The molecule has 0 bridgehead atoms. The van der Waals surface area contributed by atoms with Gasteiger partial charge >= 0.3 is 0 Å². The van der Waals surface area contributed by atoms with Crippen LogP contribution in [0.5, 0.6) is 0 Å². The molecule has 0 aliphatic carbocycles. The summed E-state index contributed by atoms with van der Waals surface area (Å²) in [5.74, 6) is 2.54. The third-order valence-electron chi connectivity index (χ3n) is 20.5. The standard InChI is InChI=1S/2C16H18.2C10H14.4C8H18.2C4H12BN/c1-13(15-9-5-3-6-10-15)14(2)16-11-7-4-8-12-16;1-3-16(2,14-10-6-4-7-11-14)15-12-8-5-9-13-15;2*1-3-9(2)10-7-5-4-6-8-10;4*1-7(2,3)8(4,5)6;2*1-5(2)6(3)4/h3-14H,1-2H3;4-13H,3H2,1-2H3;2*4-9H,3H2,1-2H3;4*1-6H3;2*1-4H3/t13-,14?;;9-;;;;;;;/m1.1......./s1/i;;;;4*1D3;;. The predicted molar refractivity (Wildman–Crippen MR) is 448 cm³/mol. The summed E-state index contributed by atoms with van der Waals surface area (Å²) < 4.78 is 87.9. The first-order valence-corrected chi connectivity index (χ1v) is 36.2.